The first kappa shape index (κ1) is 48.2. The highest BCUT2D eigenvalue weighted by atomic mass is 16.4. The number of allylic oxidation sites excluding steroid dienone is 2. The van der Waals surface area contributed by atoms with Gasteiger partial charge in [0, 0.05) is 6.42 Å². The first-order chi connectivity index (χ1) is 24.1. The SMILES string of the molecule is CCCCCCCCCCCC(CCC/C=C\CCCCCCCC(=O)O)(CCCCCCCCCCC)CCCCCCCCCCC. The topological polar surface area (TPSA) is 37.3 Å². The third-order valence-corrected chi connectivity index (χ3v) is 11.4. The highest BCUT2D eigenvalue weighted by molar-refractivity contribution is 5.66. The maximum absolute atomic E-state index is 10.7. The van der Waals surface area contributed by atoms with Crippen LogP contribution in [0.4, 0.5) is 0 Å². The van der Waals surface area contributed by atoms with Crippen LogP contribution in [0.5, 0.6) is 0 Å². The monoisotopic (exact) mass is 689 g/mol. The highest BCUT2D eigenvalue weighted by Crippen LogP contribution is 2.42. The van der Waals surface area contributed by atoms with Gasteiger partial charge in [-0.15, -0.1) is 0 Å². The van der Waals surface area contributed by atoms with Gasteiger partial charge >= 0.3 is 5.97 Å². The molecule has 0 aliphatic carbocycles. The summed E-state index contributed by atoms with van der Waals surface area (Å²) in [6, 6.07) is 0. The lowest BCUT2D eigenvalue weighted by Crippen LogP contribution is -2.21. The molecular formula is C47H92O2. The van der Waals surface area contributed by atoms with Gasteiger partial charge in [0.2, 0.25) is 0 Å². The summed E-state index contributed by atoms with van der Waals surface area (Å²) in [6.45, 7) is 6.97. The predicted molar refractivity (Wildman–Crippen MR) is 221 cm³/mol. The number of carboxylic acid groups (broad SMARTS) is 1. The fourth-order valence-corrected chi connectivity index (χ4v) is 8.08. The van der Waals surface area contributed by atoms with Gasteiger partial charge in [-0.3, -0.25) is 4.79 Å². The Balaban J connectivity index is 4.92. The molecule has 2 nitrogen and oxygen atoms in total. The fourth-order valence-electron chi connectivity index (χ4n) is 8.08. The van der Waals surface area contributed by atoms with E-state index in [1.54, 1.807) is 0 Å². The van der Waals surface area contributed by atoms with E-state index in [4.69, 9.17) is 5.11 Å². The van der Waals surface area contributed by atoms with Crippen molar-refractivity contribution < 1.29 is 9.90 Å². The number of aliphatic carboxylic acids is 1. The van der Waals surface area contributed by atoms with Crippen molar-refractivity contribution in [1.82, 2.24) is 0 Å². The van der Waals surface area contributed by atoms with Gasteiger partial charge in [0.25, 0.3) is 0 Å². The largest absolute Gasteiger partial charge is 0.481 e. The zero-order valence-corrected chi connectivity index (χ0v) is 34.3. The molecule has 0 aliphatic heterocycles. The summed E-state index contributed by atoms with van der Waals surface area (Å²) >= 11 is 0. The Labute approximate surface area is 310 Å². The Morgan fingerprint density at radius 1 is 0.367 bits per heavy atom. The van der Waals surface area contributed by atoms with Crippen LogP contribution in [0.2, 0.25) is 0 Å². The summed E-state index contributed by atoms with van der Waals surface area (Å²) in [5.74, 6) is -0.651. The van der Waals surface area contributed by atoms with E-state index in [0.29, 0.717) is 11.8 Å². The lowest BCUT2D eigenvalue weighted by atomic mass is 9.70. The molecule has 0 amide bonds. The maximum Gasteiger partial charge on any atom is 0.303 e. The lowest BCUT2D eigenvalue weighted by Gasteiger charge is -2.35. The summed E-state index contributed by atoms with van der Waals surface area (Å²) in [6.07, 6.45) is 59.5. The smallest absolute Gasteiger partial charge is 0.303 e. The van der Waals surface area contributed by atoms with Gasteiger partial charge in [-0.25, -0.2) is 0 Å². The van der Waals surface area contributed by atoms with E-state index in [1.165, 1.54) is 238 Å². The van der Waals surface area contributed by atoms with Crippen LogP contribution < -0.4 is 0 Å². The maximum atomic E-state index is 10.7. The third kappa shape index (κ3) is 36.8. The molecular weight excluding hydrogens is 597 g/mol. The van der Waals surface area contributed by atoms with Gasteiger partial charge in [-0.2, -0.15) is 0 Å². The highest BCUT2D eigenvalue weighted by Gasteiger charge is 2.28. The zero-order valence-electron chi connectivity index (χ0n) is 34.3. The van der Waals surface area contributed by atoms with E-state index < -0.39 is 5.97 Å². The summed E-state index contributed by atoms with van der Waals surface area (Å²) in [5, 5.41) is 8.81. The molecule has 2 heteroatoms. The molecule has 1 N–H and O–H groups in total. The molecule has 49 heavy (non-hydrogen) atoms. The molecule has 0 aliphatic rings. The van der Waals surface area contributed by atoms with E-state index >= 15 is 0 Å². The molecule has 0 saturated heterocycles. The van der Waals surface area contributed by atoms with Gasteiger partial charge in [0.1, 0.15) is 0 Å². The summed E-state index contributed by atoms with van der Waals surface area (Å²) in [4.78, 5) is 10.7. The number of carboxylic acids is 1. The van der Waals surface area contributed by atoms with Crippen LogP contribution in [-0.4, -0.2) is 11.1 Å². The van der Waals surface area contributed by atoms with Crippen LogP contribution in [0.25, 0.3) is 0 Å². The van der Waals surface area contributed by atoms with Crippen molar-refractivity contribution in [3.8, 4) is 0 Å². The van der Waals surface area contributed by atoms with Crippen LogP contribution in [0.1, 0.15) is 278 Å². The Hall–Kier alpha value is -0.790. The van der Waals surface area contributed by atoms with Gasteiger partial charge in [-0.05, 0) is 63.2 Å². The third-order valence-electron chi connectivity index (χ3n) is 11.4. The van der Waals surface area contributed by atoms with Crippen LogP contribution in [0.15, 0.2) is 12.2 Å². The number of hydrogen-bond acceptors (Lipinski definition) is 1. The summed E-state index contributed by atoms with van der Waals surface area (Å²) < 4.78 is 0. The second-order valence-electron chi connectivity index (χ2n) is 16.3. The van der Waals surface area contributed by atoms with Gasteiger partial charge < -0.3 is 5.11 Å². The minimum atomic E-state index is -0.651. The molecule has 0 radical (unpaired) electrons. The lowest BCUT2D eigenvalue weighted by molar-refractivity contribution is -0.137. The quantitative estimate of drug-likeness (QED) is 0.0512. The normalized spacial score (nSPS) is 12.1. The molecule has 0 bridgehead atoms. The van der Waals surface area contributed by atoms with E-state index in [-0.39, 0.29) is 0 Å². The summed E-state index contributed by atoms with van der Waals surface area (Å²) in [5.41, 5.74) is 0.590. The van der Waals surface area contributed by atoms with Crippen molar-refractivity contribution in [2.45, 2.75) is 278 Å². The molecule has 0 spiro atoms. The van der Waals surface area contributed by atoms with Crippen LogP contribution in [0.3, 0.4) is 0 Å². The molecule has 0 aromatic heterocycles. The second kappa shape index (κ2) is 40.0. The van der Waals surface area contributed by atoms with Crippen LogP contribution in [0, 0.1) is 5.41 Å². The van der Waals surface area contributed by atoms with Crippen molar-refractivity contribution in [3.05, 3.63) is 12.2 Å². The number of carbonyl (C=O) groups is 1. The van der Waals surface area contributed by atoms with Gasteiger partial charge in [0.05, 0.1) is 0 Å². The minimum absolute atomic E-state index is 0.332. The second-order valence-corrected chi connectivity index (χ2v) is 16.3. The molecule has 0 aromatic rings. The Kier molecular flexibility index (Phi) is 39.3. The van der Waals surface area contributed by atoms with E-state index in [1.807, 2.05) is 0 Å². The van der Waals surface area contributed by atoms with E-state index in [9.17, 15) is 4.79 Å². The van der Waals surface area contributed by atoms with Crippen molar-refractivity contribution in [2.75, 3.05) is 0 Å². The summed E-state index contributed by atoms with van der Waals surface area (Å²) in [7, 11) is 0. The molecule has 0 heterocycles. The van der Waals surface area contributed by atoms with Crippen LogP contribution >= 0.6 is 0 Å². The number of rotatable bonds is 42. The van der Waals surface area contributed by atoms with Crippen molar-refractivity contribution in [2.24, 2.45) is 5.41 Å². The zero-order chi connectivity index (χ0) is 35.8. The molecule has 0 fully saturated rings. The Morgan fingerprint density at radius 3 is 0.980 bits per heavy atom. The van der Waals surface area contributed by atoms with Crippen molar-refractivity contribution in [1.29, 1.82) is 0 Å². The van der Waals surface area contributed by atoms with Crippen molar-refractivity contribution >= 4 is 5.97 Å². The molecule has 0 atom stereocenters. The van der Waals surface area contributed by atoms with E-state index in [0.717, 1.165) is 12.8 Å². The minimum Gasteiger partial charge on any atom is -0.481 e. The number of hydrogen-bond donors (Lipinski definition) is 1. The first-order valence-electron chi connectivity index (χ1n) is 23.0. The van der Waals surface area contributed by atoms with E-state index in [2.05, 4.69) is 32.9 Å². The first-order valence-corrected chi connectivity index (χ1v) is 23.0. The van der Waals surface area contributed by atoms with Gasteiger partial charge in [-0.1, -0.05) is 226 Å². The Bertz CT molecular complexity index is 612. The average molecular weight is 689 g/mol. The predicted octanol–water partition coefficient (Wildman–Crippen LogP) is 17.3. The standard InChI is InChI=1S/C47H92O2/c1-4-7-10-13-16-22-27-32-37-42-47(43-38-33-28-23-17-14-11-8-5-2,44-39-34-29-24-18-15-12-9-6-3)45-40-35-30-25-20-19-21-26-31-36-41-46(48)49/h25,30H,4-24,26-29,31-45H2,1-3H3,(H,48,49)/b30-25-. The van der Waals surface area contributed by atoms with Crippen LogP contribution in [-0.2, 0) is 4.79 Å². The average Bonchev–Trinajstić information content (AvgIpc) is 3.09. The molecule has 0 unspecified atom stereocenters. The molecule has 0 rings (SSSR count). The molecule has 0 aromatic carbocycles. The number of unbranched alkanes of at least 4 members (excludes halogenated alkanes) is 30. The van der Waals surface area contributed by atoms with Crippen molar-refractivity contribution in [3.63, 3.8) is 0 Å². The fraction of sp³-hybridized carbons (Fsp3) is 0.936. The Morgan fingerprint density at radius 2 is 0.633 bits per heavy atom. The van der Waals surface area contributed by atoms with Gasteiger partial charge in [0.15, 0.2) is 0 Å². The molecule has 0 saturated carbocycles. The molecule has 292 valence electrons.